The first-order chi connectivity index (χ1) is 5.77. The molecule has 0 aliphatic rings. The van der Waals surface area contributed by atoms with Crippen molar-refractivity contribution in [2.24, 2.45) is 0 Å². The second kappa shape index (κ2) is 4.83. The van der Waals surface area contributed by atoms with Crippen molar-refractivity contribution in [1.82, 2.24) is 0 Å². The van der Waals surface area contributed by atoms with E-state index in [1.54, 1.807) is 0 Å². The van der Waals surface area contributed by atoms with E-state index in [0.29, 0.717) is 0 Å². The lowest BCUT2D eigenvalue weighted by atomic mass is 10.1. The fourth-order valence-electron chi connectivity index (χ4n) is 0.937. The van der Waals surface area contributed by atoms with E-state index in [1.807, 2.05) is 4.99 Å². The molecule has 2 heteroatoms. The van der Waals surface area contributed by atoms with Gasteiger partial charge in [0.1, 0.15) is 0 Å². The van der Waals surface area contributed by atoms with E-state index in [1.165, 1.54) is 16.7 Å². The summed E-state index contributed by atoms with van der Waals surface area (Å²) in [5, 5.41) is 0.876. The van der Waals surface area contributed by atoms with Crippen molar-refractivity contribution in [3.05, 3.63) is 40.4 Å². The predicted molar refractivity (Wildman–Crippen MR) is 61.9 cm³/mol. The molecule has 0 aliphatic carbocycles. The minimum atomic E-state index is 0.876. The number of aryl methyl sites for hydroxylation is 1. The fourth-order valence-corrected chi connectivity index (χ4v) is 2.28. The Morgan fingerprint density at radius 1 is 1.33 bits per heavy atom. The van der Waals surface area contributed by atoms with Crippen LogP contribution in [0.15, 0.2) is 29.3 Å². The molecule has 0 radical (unpaired) electrons. The summed E-state index contributed by atoms with van der Waals surface area (Å²) in [6.45, 7) is 2.09. The molecule has 0 N–H and O–H groups in total. The molecule has 0 aromatic heterocycles. The number of alkyl halides is 1. The first kappa shape index (κ1) is 10.0. The van der Waals surface area contributed by atoms with Crippen LogP contribution in [-0.4, -0.2) is 5.33 Å². The smallest absolute Gasteiger partial charge is 0.0294 e. The third-order valence-corrected chi connectivity index (χ3v) is 2.85. The van der Waals surface area contributed by atoms with Gasteiger partial charge in [0.2, 0.25) is 0 Å². The van der Waals surface area contributed by atoms with Crippen molar-refractivity contribution in [1.29, 1.82) is 0 Å². The van der Waals surface area contributed by atoms with Crippen LogP contribution in [0.25, 0.3) is 5.57 Å². The SMILES string of the molecule is Cc1ccc(/C(=C/Br)CBr)cc1. The Hall–Kier alpha value is -0.0800. The number of allylic oxidation sites excluding steroid dienone is 1. The molecule has 1 rings (SSSR count). The van der Waals surface area contributed by atoms with Gasteiger partial charge in [0.25, 0.3) is 0 Å². The third-order valence-electron chi connectivity index (χ3n) is 1.70. The fraction of sp³-hybridized carbons (Fsp3) is 0.200. The van der Waals surface area contributed by atoms with Crippen molar-refractivity contribution < 1.29 is 0 Å². The lowest BCUT2D eigenvalue weighted by Gasteiger charge is -2.02. The van der Waals surface area contributed by atoms with E-state index in [2.05, 4.69) is 63.0 Å². The first-order valence-corrected chi connectivity index (χ1v) is 5.74. The van der Waals surface area contributed by atoms with Gasteiger partial charge >= 0.3 is 0 Å². The predicted octanol–water partition coefficient (Wildman–Crippen LogP) is 4.13. The number of halogens is 2. The standard InChI is InChI=1S/C10H10Br2/c1-8-2-4-9(5-3-8)10(6-11)7-12/h2-6H,7H2,1H3/b10-6+. The highest BCUT2D eigenvalue weighted by Gasteiger charge is 1.97. The van der Waals surface area contributed by atoms with Crippen LogP contribution in [-0.2, 0) is 0 Å². The van der Waals surface area contributed by atoms with E-state index in [9.17, 15) is 0 Å². The average molecular weight is 290 g/mol. The van der Waals surface area contributed by atoms with Crippen LogP contribution in [0.5, 0.6) is 0 Å². The Kier molecular flexibility index (Phi) is 4.02. The largest absolute Gasteiger partial charge is 0.0876 e. The number of hydrogen-bond donors (Lipinski definition) is 0. The van der Waals surface area contributed by atoms with Crippen molar-refractivity contribution in [3.63, 3.8) is 0 Å². The van der Waals surface area contributed by atoms with Crippen LogP contribution < -0.4 is 0 Å². The number of benzene rings is 1. The maximum absolute atomic E-state index is 3.43. The van der Waals surface area contributed by atoms with Gasteiger partial charge < -0.3 is 0 Å². The molecule has 0 heterocycles. The molecule has 0 amide bonds. The maximum Gasteiger partial charge on any atom is 0.0294 e. The Morgan fingerprint density at radius 2 is 1.92 bits per heavy atom. The number of rotatable bonds is 2. The zero-order valence-electron chi connectivity index (χ0n) is 6.85. The topological polar surface area (TPSA) is 0 Å². The molecule has 0 saturated heterocycles. The molecule has 0 bridgehead atoms. The minimum absolute atomic E-state index is 0.876. The summed E-state index contributed by atoms with van der Waals surface area (Å²) < 4.78 is 0. The van der Waals surface area contributed by atoms with Gasteiger partial charge in [-0.1, -0.05) is 61.7 Å². The van der Waals surface area contributed by atoms with E-state index >= 15 is 0 Å². The zero-order chi connectivity index (χ0) is 8.97. The summed E-state index contributed by atoms with van der Waals surface area (Å²) in [6.07, 6.45) is 0. The van der Waals surface area contributed by atoms with Crippen molar-refractivity contribution in [2.45, 2.75) is 6.92 Å². The Morgan fingerprint density at radius 3 is 2.33 bits per heavy atom. The minimum Gasteiger partial charge on any atom is -0.0876 e. The molecule has 0 aliphatic heterocycles. The van der Waals surface area contributed by atoms with Gasteiger partial charge in [0.05, 0.1) is 0 Å². The summed E-state index contributed by atoms with van der Waals surface area (Å²) in [5.74, 6) is 0. The average Bonchev–Trinajstić information content (AvgIpc) is 2.10. The monoisotopic (exact) mass is 288 g/mol. The molecule has 0 unspecified atom stereocenters. The summed E-state index contributed by atoms with van der Waals surface area (Å²) in [7, 11) is 0. The second-order valence-corrected chi connectivity index (χ2v) is 3.65. The van der Waals surface area contributed by atoms with Crippen LogP contribution in [0.1, 0.15) is 11.1 Å². The van der Waals surface area contributed by atoms with E-state index < -0.39 is 0 Å². The third kappa shape index (κ3) is 2.46. The summed E-state index contributed by atoms with van der Waals surface area (Å²) in [4.78, 5) is 1.95. The molecule has 0 atom stereocenters. The molecule has 1 aromatic carbocycles. The lowest BCUT2D eigenvalue weighted by Crippen LogP contribution is -1.84. The van der Waals surface area contributed by atoms with Gasteiger partial charge in [0, 0.05) is 5.33 Å². The first-order valence-electron chi connectivity index (χ1n) is 3.70. The second-order valence-electron chi connectivity index (χ2n) is 2.63. The molecule has 64 valence electrons. The van der Waals surface area contributed by atoms with Crippen molar-refractivity contribution in [3.8, 4) is 0 Å². The molecular weight excluding hydrogens is 280 g/mol. The molecule has 0 fully saturated rings. The molecular formula is C10H10Br2. The summed E-state index contributed by atoms with van der Waals surface area (Å²) in [5.41, 5.74) is 3.81. The molecule has 0 saturated carbocycles. The van der Waals surface area contributed by atoms with Gasteiger partial charge in [-0.15, -0.1) is 0 Å². The van der Waals surface area contributed by atoms with Crippen LogP contribution >= 0.6 is 31.9 Å². The van der Waals surface area contributed by atoms with Crippen molar-refractivity contribution >= 4 is 37.4 Å². The molecule has 0 nitrogen and oxygen atoms in total. The molecule has 1 aromatic rings. The maximum atomic E-state index is 3.43. The van der Waals surface area contributed by atoms with E-state index in [-0.39, 0.29) is 0 Å². The summed E-state index contributed by atoms with van der Waals surface area (Å²) in [6, 6.07) is 8.50. The Labute approximate surface area is 89.9 Å². The van der Waals surface area contributed by atoms with Gasteiger partial charge in [-0.2, -0.15) is 0 Å². The van der Waals surface area contributed by atoms with Crippen molar-refractivity contribution in [2.75, 3.05) is 5.33 Å². The number of hydrogen-bond acceptors (Lipinski definition) is 0. The highest BCUT2D eigenvalue weighted by atomic mass is 79.9. The van der Waals surface area contributed by atoms with Crippen LogP contribution in [0.2, 0.25) is 0 Å². The van der Waals surface area contributed by atoms with Crippen LogP contribution in [0.3, 0.4) is 0 Å². The molecule has 0 spiro atoms. The molecule has 12 heavy (non-hydrogen) atoms. The highest BCUT2D eigenvalue weighted by Crippen LogP contribution is 2.18. The zero-order valence-corrected chi connectivity index (χ0v) is 10.0. The Bertz CT molecular complexity index is 272. The lowest BCUT2D eigenvalue weighted by molar-refractivity contribution is 1.45. The Balaban J connectivity index is 2.96. The van der Waals surface area contributed by atoms with Gasteiger partial charge in [-0.25, -0.2) is 0 Å². The van der Waals surface area contributed by atoms with Gasteiger partial charge in [-0.3, -0.25) is 0 Å². The quantitative estimate of drug-likeness (QED) is 0.718. The van der Waals surface area contributed by atoms with Gasteiger partial charge in [0.15, 0.2) is 0 Å². The van der Waals surface area contributed by atoms with Gasteiger partial charge in [-0.05, 0) is 23.0 Å². The van der Waals surface area contributed by atoms with E-state index in [4.69, 9.17) is 0 Å². The highest BCUT2D eigenvalue weighted by molar-refractivity contribution is 9.11. The van der Waals surface area contributed by atoms with E-state index in [0.717, 1.165) is 5.33 Å². The normalized spacial score (nSPS) is 11.8. The van der Waals surface area contributed by atoms with Crippen LogP contribution in [0, 0.1) is 6.92 Å². The summed E-state index contributed by atoms with van der Waals surface area (Å²) >= 11 is 6.77. The van der Waals surface area contributed by atoms with Crippen LogP contribution in [0.4, 0.5) is 0 Å².